The van der Waals surface area contributed by atoms with Crippen LogP contribution in [0.2, 0.25) is 0 Å². The highest BCUT2D eigenvalue weighted by Gasteiger charge is 2.43. The van der Waals surface area contributed by atoms with Crippen molar-refractivity contribution in [3.8, 4) is 76.5 Å². The van der Waals surface area contributed by atoms with Gasteiger partial charge < -0.3 is 39.7 Å². The van der Waals surface area contributed by atoms with E-state index in [1.54, 1.807) is 27.4 Å². The molecule has 10 aromatic rings. The summed E-state index contributed by atoms with van der Waals surface area (Å²) >= 11 is 0. The molecule has 0 aliphatic heterocycles. The first-order valence-corrected chi connectivity index (χ1v) is 45.4. The lowest BCUT2D eigenvalue weighted by Crippen LogP contribution is -2.34. The van der Waals surface area contributed by atoms with Gasteiger partial charge in [0.05, 0.1) is 83.8 Å². The smallest absolute Gasteiger partial charge is 0.356 e. The van der Waals surface area contributed by atoms with Gasteiger partial charge in [0.2, 0.25) is 0 Å². The summed E-state index contributed by atoms with van der Waals surface area (Å²) < 4.78 is 59.0. The number of nitrogens with zero attached hydrogens (tertiary/aromatic N) is 3. The molecule has 0 saturated heterocycles. The lowest BCUT2D eigenvalue weighted by molar-refractivity contribution is 0.0680. The third-order valence-electron chi connectivity index (χ3n) is 27.7. The Labute approximate surface area is 793 Å². The maximum absolute atomic E-state index is 14.2. The number of benzene rings is 8. The van der Waals surface area contributed by atoms with Crippen LogP contribution in [-0.2, 0) is 54.1 Å². The number of carbonyl (C=O) groups is 5. The molecule has 5 aliphatic rings. The minimum absolute atomic E-state index is 0.0297. The Morgan fingerprint density at radius 1 is 0.274 bits per heavy atom. The number of aryl methyl sites for hydroxylation is 1. The molecule has 2 aromatic heterocycles. The van der Waals surface area contributed by atoms with E-state index in [0.717, 1.165) is 110 Å². The molecule has 2 heterocycles. The summed E-state index contributed by atoms with van der Waals surface area (Å²) in [6.45, 7) is 47.3. The zero-order valence-corrected chi connectivity index (χ0v) is 82.0. The molecule has 0 atom stereocenters. The molecular weight excluding hydrogens is 1700 g/mol. The van der Waals surface area contributed by atoms with Gasteiger partial charge in [0, 0.05) is 22.9 Å². The van der Waals surface area contributed by atoms with E-state index >= 15 is 0 Å². The van der Waals surface area contributed by atoms with Gasteiger partial charge >= 0.3 is 29.8 Å². The van der Waals surface area contributed by atoms with E-state index in [2.05, 4.69) is 273 Å². The summed E-state index contributed by atoms with van der Waals surface area (Å²) in [5.74, 6) is 24.5. The number of fused-ring (bicyclic) bond motifs is 5. The quantitative estimate of drug-likeness (QED) is 0.0887. The topological polar surface area (TPSA) is 253 Å². The third kappa shape index (κ3) is 23.4. The number of pyridine rings is 1. The Bertz CT molecular complexity index is 6700. The molecular formula is C116H122F3N3O13. The van der Waals surface area contributed by atoms with Crippen molar-refractivity contribution in [2.75, 3.05) is 21.3 Å². The fraction of sp³-hybridized carbons (Fsp3) is 0.379. The standard InChI is InChI=1S/2C24H25FO3.C24H25FO2.C23H25NO3.C21H22N2O2/c1-23(2)10-11-24(3,4)19-14-21(28-5)16(12-18(19)23)8-6-15-7-9-17(22(26)27)13-20(15)25;1-23(2)10-11-24(3,4)19-14-21(28-5)16(13-18(19)23)8-6-15-7-9-17(22(26)27)20(25)12-15;1-15-12-19-20(24(4,5)11-10-23(19,2)3)13-17(15)8-6-16-7-9-18(22(26)27)14-21(16)25;1-22(2)10-11-23(3,4)19-13-20(27-5)15(12-18(19)22)6-8-17-9-7-16(14-24-17)21(25)26;1-20(2)9-10-21(3,4)17-11-14(6-8-16(17)20)5-7-15-12-23-18(13-22-15)19(24)25/h2*7,9,12-14H,10-11H2,1-5H3,(H,26,27);7,9,12-14H,10-11H2,1-5H3,(H,26,27);7,9,12-14H,10-11H2,1-5H3,(H,25,26);6,8,11-13H,9-10H2,1-4H3,(H,24,25). The molecule has 15 rings (SSSR count). The van der Waals surface area contributed by atoms with Crippen molar-refractivity contribution in [2.24, 2.45) is 0 Å². The highest BCUT2D eigenvalue weighted by Crippen LogP contribution is 2.53. The number of carboxylic acids is 5. The highest BCUT2D eigenvalue weighted by atomic mass is 19.1. The lowest BCUT2D eigenvalue weighted by Gasteiger charge is -2.42. The van der Waals surface area contributed by atoms with Gasteiger partial charge in [-0.05, 0) is 320 Å². The van der Waals surface area contributed by atoms with Crippen LogP contribution in [0, 0.1) is 83.6 Å². The third-order valence-corrected chi connectivity index (χ3v) is 27.7. The number of aromatic carboxylic acids is 5. The van der Waals surface area contributed by atoms with Gasteiger partial charge in [-0.15, -0.1) is 0 Å². The molecule has 5 N–H and O–H groups in total. The SMILES string of the molecule is CC1(C)CCC(C)(C)c2cc(C#Cc3cnc(C(=O)O)cn3)ccc21.COc1cc2c(cc1C#Cc1ccc(C(=O)O)c(F)c1)C(C)(C)CCC2(C)C.COc1cc2c(cc1C#Cc1ccc(C(=O)O)cc1F)C(C)(C)CCC2(C)C.COc1cc2c(cc1C#Cc1ccc(C(=O)O)cn1)C(C)(C)CCC2(C)C.Cc1cc2c(cc1C#Cc1ccc(C(=O)O)cc1F)C(C)(C)CCC2(C)C. The van der Waals surface area contributed by atoms with Crippen LogP contribution in [0.25, 0.3) is 0 Å². The van der Waals surface area contributed by atoms with Crippen molar-refractivity contribution in [3.05, 3.63) is 315 Å². The van der Waals surface area contributed by atoms with E-state index in [4.69, 9.17) is 39.7 Å². The van der Waals surface area contributed by atoms with Crippen molar-refractivity contribution in [3.63, 3.8) is 0 Å². The molecule has 16 nitrogen and oxygen atoms in total. The number of aromatic nitrogens is 3. The average Bonchev–Trinajstić information content (AvgIpc) is 0.740. The number of ether oxygens (including phenoxy) is 3. The van der Waals surface area contributed by atoms with Crippen molar-refractivity contribution in [2.45, 2.75) is 264 Å². The van der Waals surface area contributed by atoms with Gasteiger partial charge in [-0.3, -0.25) is 0 Å². The van der Waals surface area contributed by atoms with E-state index in [1.165, 1.54) is 123 Å². The summed E-state index contributed by atoms with van der Waals surface area (Å²) in [6, 6.07) is 37.9. The maximum Gasteiger partial charge on any atom is 0.356 e. The van der Waals surface area contributed by atoms with E-state index in [9.17, 15) is 37.1 Å². The van der Waals surface area contributed by atoms with E-state index in [1.807, 2.05) is 13.0 Å². The minimum Gasteiger partial charge on any atom is -0.495 e. The van der Waals surface area contributed by atoms with Gasteiger partial charge in [-0.2, -0.15) is 0 Å². The van der Waals surface area contributed by atoms with Crippen molar-refractivity contribution >= 4 is 29.8 Å². The zero-order valence-electron chi connectivity index (χ0n) is 82.0. The van der Waals surface area contributed by atoms with Gasteiger partial charge in [0.25, 0.3) is 0 Å². The van der Waals surface area contributed by atoms with E-state index < -0.39 is 47.3 Å². The Hall–Kier alpha value is -13.7. The average molecular weight is 1820 g/mol. The first kappa shape index (κ1) is 102. The normalized spacial score (nSPS) is 16.7. The Balaban J connectivity index is 0.000000162. The second-order valence-electron chi connectivity index (χ2n) is 42.2. The second-order valence-corrected chi connectivity index (χ2v) is 42.2. The van der Waals surface area contributed by atoms with E-state index in [-0.39, 0.29) is 93.2 Å². The van der Waals surface area contributed by atoms with Gasteiger partial charge in [0.15, 0.2) is 5.69 Å². The van der Waals surface area contributed by atoms with Crippen molar-refractivity contribution < 1.29 is 76.9 Å². The number of methoxy groups -OCH3 is 3. The molecule has 0 unspecified atom stereocenters. The van der Waals surface area contributed by atoms with Crippen LogP contribution < -0.4 is 14.2 Å². The number of rotatable bonds is 8. The number of hydrogen-bond acceptors (Lipinski definition) is 11. The molecule has 0 bridgehead atoms. The first-order chi connectivity index (χ1) is 62.9. The molecule has 135 heavy (non-hydrogen) atoms. The van der Waals surface area contributed by atoms with Crippen LogP contribution in [0.1, 0.15) is 372 Å². The minimum atomic E-state index is -1.29. The van der Waals surface area contributed by atoms with Crippen LogP contribution in [0.5, 0.6) is 17.2 Å². The van der Waals surface area contributed by atoms with Crippen molar-refractivity contribution in [1.82, 2.24) is 15.0 Å². The molecule has 0 radical (unpaired) electrons. The summed E-state index contributed by atoms with van der Waals surface area (Å²) in [4.78, 5) is 66.6. The van der Waals surface area contributed by atoms with Crippen LogP contribution in [0.3, 0.4) is 0 Å². The molecule has 0 spiro atoms. The number of halogens is 3. The Kier molecular flexibility index (Phi) is 29.8. The monoisotopic (exact) mass is 1820 g/mol. The largest absolute Gasteiger partial charge is 0.495 e. The Morgan fingerprint density at radius 3 is 0.933 bits per heavy atom. The predicted molar refractivity (Wildman–Crippen MR) is 523 cm³/mol. The fourth-order valence-electron chi connectivity index (χ4n) is 18.1. The van der Waals surface area contributed by atoms with Crippen LogP contribution in [0.4, 0.5) is 13.2 Å². The molecule has 5 aliphatic carbocycles. The predicted octanol–water partition coefficient (Wildman–Crippen LogP) is 24.6. The summed E-state index contributed by atoms with van der Waals surface area (Å²) in [5.41, 5.74) is 20.6. The summed E-state index contributed by atoms with van der Waals surface area (Å²) in [6.07, 6.45) is 15.2. The van der Waals surface area contributed by atoms with Gasteiger partial charge in [-0.1, -0.05) is 198 Å². The zero-order chi connectivity index (χ0) is 99.4. The second kappa shape index (κ2) is 39.5. The van der Waals surface area contributed by atoms with Crippen LogP contribution in [0.15, 0.2) is 152 Å². The number of carboxylic acid groups (broad SMARTS) is 5. The fourth-order valence-corrected chi connectivity index (χ4v) is 18.1. The summed E-state index contributed by atoms with van der Waals surface area (Å²) in [7, 11) is 4.89. The highest BCUT2D eigenvalue weighted by molar-refractivity contribution is 5.90. The van der Waals surface area contributed by atoms with Gasteiger partial charge in [-0.25, -0.2) is 52.1 Å². The molecule has 0 fully saturated rings. The van der Waals surface area contributed by atoms with Crippen molar-refractivity contribution in [1.29, 1.82) is 0 Å². The first-order valence-electron chi connectivity index (χ1n) is 45.4. The lowest BCUT2D eigenvalue weighted by atomic mass is 9.62. The summed E-state index contributed by atoms with van der Waals surface area (Å²) in [5, 5.41) is 44.7. The molecule has 0 amide bonds. The number of hydrogen-bond donors (Lipinski definition) is 5. The molecule has 8 aromatic carbocycles. The molecule has 700 valence electrons. The molecule has 0 saturated carbocycles. The van der Waals surface area contributed by atoms with Crippen LogP contribution in [-0.4, -0.2) is 91.7 Å². The Morgan fingerprint density at radius 2 is 0.585 bits per heavy atom. The van der Waals surface area contributed by atoms with E-state index in [0.29, 0.717) is 34.0 Å². The van der Waals surface area contributed by atoms with Gasteiger partial charge in [0.1, 0.15) is 46.1 Å². The van der Waals surface area contributed by atoms with Crippen LogP contribution >= 0.6 is 0 Å². The molecule has 19 heteroatoms. The maximum atomic E-state index is 14.2.